The molecule has 5 rings (SSSR count). The Bertz CT molecular complexity index is 1330. The predicted molar refractivity (Wildman–Crippen MR) is 211 cm³/mol. The quantitative estimate of drug-likeness (QED) is 0.123. The number of carbonyl (C=O) groups is 1. The number of amides is 1. The summed E-state index contributed by atoms with van der Waals surface area (Å²) in [5.41, 5.74) is 2.44. The van der Waals surface area contributed by atoms with E-state index in [-0.39, 0.29) is 22.7 Å². The Hall–Kier alpha value is -2.10. The van der Waals surface area contributed by atoms with Gasteiger partial charge in [0.1, 0.15) is 5.75 Å². The lowest BCUT2D eigenvalue weighted by atomic mass is 9.46. The van der Waals surface area contributed by atoms with Gasteiger partial charge in [-0.1, -0.05) is 124 Å². The first-order valence-corrected chi connectivity index (χ1v) is 21.3. The van der Waals surface area contributed by atoms with E-state index in [2.05, 4.69) is 52.9 Å². The van der Waals surface area contributed by atoms with Gasteiger partial charge in [0.25, 0.3) is 0 Å². The average Bonchev–Trinajstić information content (AvgIpc) is 3.36. The molecule has 8 atom stereocenters. The molecule has 4 aliphatic carbocycles. The fraction of sp³-hybridized carbons (Fsp3) is 0.783. The van der Waals surface area contributed by atoms with Crippen molar-refractivity contribution in [3.05, 3.63) is 46.1 Å². The lowest BCUT2D eigenvalue weighted by Gasteiger charge is -2.58. The topological polar surface area (TPSA) is 55.4 Å². The van der Waals surface area contributed by atoms with Crippen molar-refractivity contribution in [2.45, 2.75) is 170 Å². The maximum atomic E-state index is 13.6. The van der Waals surface area contributed by atoms with Crippen molar-refractivity contribution in [1.29, 1.82) is 0 Å². The monoisotopic (exact) mass is 688 g/mol. The van der Waals surface area contributed by atoms with Crippen LogP contribution in [0.2, 0.25) is 0 Å². The lowest BCUT2D eigenvalue weighted by Crippen LogP contribution is -2.51. The van der Waals surface area contributed by atoms with Gasteiger partial charge in [-0.3, -0.25) is 9.59 Å². The van der Waals surface area contributed by atoms with Crippen molar-refractivity contribution in [2.75, 3.05) is 11.9 Å². The highest BCUT2D eigenvalue weighted by molar-refractivity contribution is 5.92. The van der Waals surface area contributed by atoms with E-state index in [1.165, 1.54) is 108 Å². The van der Waals surface area contributed by atoms with Crippen molar-refractivity contribution in [1.82, 2.24) is 0 Å². The standard InChI is InChI=1S/C46H73NO3/c1-7-8-9-10-11-12-13-14-15-31-50-37-20-25-42(43(48)26-21-37)47-44(49)35-27-29-45(5)36(32-35)19-22-38-40-24-23-39(34(4)18-16-17-33(2)3)46(40,6)30-28-41(38)45/h19-21,25-26,33-35,38-41H,7-18,22-24,27-32H2,1-6H3,(H,47,48,49)/t34-,35+,38+,39-,40+,41+,45+,46-/m1/s1. The van der Waals surface area contributed by atoms with Gasteiger partial charge in [0.2, 0.25) is 11.3 Å². The summed E-state index contributed by atoms with van der Waals surface area (Å²) in [5, 5.41) is 3.04. The zero-order valence-corrected chi connectivity index (χ0v) is 33.0. The molecule has 0 radical (unpaired) electrons. The first kappa shape index (κ1) is 39.1. The normalized spacial score (nSPS) is 30.9. The van der Waals surface area contributed by atoms with E-state index in [1.54, 1.807) is 18.2 Å². The number of unbranched alkanes of at least 4 members (excludes halogenated alkanes) is 8. The van der Waals surface area contributed by atoms with Crippen molar-refractivity contribution < 1.29 is 9.53 Å². The highest BCUT2D eigenvalue weighted by atomic mass is 16.5. The Morgan fingerprint density at radius 1 is 0.840 bits per heavy atom. The highest BCUT2D eigenvalue weighted by Crippen LogP contribution is 2.67. The predicted octanol–water partition coefficient (Wildman–Crippen LogP) is 12.6. The number of nitrogens with one attached hydrogen (secondary N) is 1. The number of hydrogen-bond donors (Lipinski definition) is 1. The molecular formula is C46H73NO3. The minimum atomic E-state index is -0.161. The lowest BCUT2D eigenvalue weighted by molar-refractivity contribution is -0.121. The van der Waals surface area contributed by atoms with Crippen molar-refractivity contribution in [3.8, 4) is 5.75 Å². The van der Waals surface area contributed by atoms with Crippen LogP contribution in [0.4, 0.5) is 5.69 Å². The molecule has 3 saturated carbocycles. The Morgan fingerprint density at radius 3 is 2.30 bits per heavy atom. The fourth-order valence-electron chi connectivity index (χ4n) is 11.5. The number of carbonyl (C=O) groups excluding carboxylic acids is 1. The molecule has 0 spiro atoms. The van der Waals surface area contributed by atoms with Crippen LogP contribution >= 0.6 is 0 Å². The van der Waals surface area contributed by atoms with Gasteiger partial charge < -0.3 is 10.1 Å². The molecule has 1 aromatic carbocycles. The molecule has 50 heavy (non-hydrogen) atoms. The molecule has 0 bridgehead atoms. The summed E-state index contributed by atoms with van der Waals surface area (Å²) < 4.78 is 5.98. The Balaban J connectivity index is 1.12. The molecule has 4 nitrogen and oxygen atoms in total. The zero-order valence-electron chi connectivity index (χ0n) is 33.0. The van der Waals surface area contributed by atoms with Gasteiger partial charge in [0.05, 0.1) is 12.3 Å². The van der Waals surface area contributed by atoms with Crippen molar-refractivity contribution in [2.24, 2.45) is 52.3 Å². The molecule has 280 valence electrons. The molecule has 1 amide bonds. The third-order valence-corrected chi connectivity index (χ3v) is 14.5. The van der Waals surface area contributed by atoms with E-state index in [0.717, 1.165) is 61.2 Å². The van der Waals surface area contributed by atoms with Gasteiger partial charge in [-0.15, -0.1) is 0 Å². The van der Waals surface area contributed by atoms with E-state index in [0.29, 0.717) is 23.5 Å². The van der Waals surface area contributed by atoms with E-state index < -0.39 is 0 Å². The summed E-state index contributed by atoms with van der Waals surface area (Å²) in [4.78, 5) is 26.6. The van der Waals surface area contributed by atoms with Crippen LogP contribution in [0.1, 0.15) is 170 Å². The van der Waals surface area contributed by atoms with Crippen LogP contribution in [0.3, 0.4) is 0 Å². The Morgan fingerprint density at radius 2 is 1.56 bits per heavy atom. The van der Waals surface area contributed by atoms with Crippen LogP contribution in [-0.2, 0) is 4.79 Å². The molecule has 1 aromatic rings. The molecule has 0 aromatic heterocycles. The van der Waals surface area contributed by atoms with Crippen molar-refractivity contribution in [3.63, 3.8) is 0 Å². The average molecular weight is 688 g/mol. The van der Waals surface area contributed by atoms with Gasteiger partial charge >= 0.3 is 0 Å². The van der Waals surface area contributed by atoms with Crippen molar-refractivity contribution >= 4 is 11.6 Å². The fourth-order valence-corrected chi connectivity index (χ4v) is 11.5. The third-order valence-electron chi connectivity index (χ3n) is 14.5. The summed E-state index contributed by atoms with van der Waals surface area (Å²) in [7, 11) is 0. The minimum Gasteiger partial charge on any atom is -0.494 e. The summed E-state index contributed by atoms with van der Waals surface area (Å²) in [6, 6.07) is 6.86. The smallest absolute Gasteiger partial charge is 0.227 e. The second-order valence-electron chi connectivity index (χ2n) is 18.2. The zero-order chi connectivity index (χ0) is 35.7. The van der Waals surface area contributed by atoms with Gasteiger partial charge in [0.15, 0.2) is 0 Å². The van der Waals surface area contributed by atoms with E-state index in [9.17, 15) is 9.59 Å². The van der Waals surface area contributed by atoms with Crippen LogP contribution in [0.15, 0.2) is 40.7 Å². The summed E-state index contributed by atoms with van der Waals surface area (Å²) >= 11 is 0. The summed E-state index contributed by atoms with van der Waals surface area (Å²) in [6.07, 6.45) is 27.8. The molecule has 4 heteroatoms. The molecule has 3 fully saturated rings. The maximum Gasteiger partial charge on any atom is 0.227 e. The maximum absolute atomic E-state index is 13.6. The van der Waals surface area contributed by atoms with Crippen LogP contribution in [0.25, 0.3) is 0 Å². The van der Waals surface area contributed by atoms with Gasteiger partial charge in [-0.25, -0.2) is 0 Å². The number of fused-ring (bicyclic) bond motifs is 5. The van der Waals surface area contributed by atoms with Gasteiger partial charge in [-0.05, 0) is 128 Å². The minimum absolute atomic E-state index is 0.00292. The molecule has 0 heterocycles. The van der Waals surface area contributed by atoms with E-state index >= 15 is 0 Å². The van der Waals surface area contributed by atoms with Gasteiger partial charge in [-0.2, -0.15) is 0 Å². The first-order valence-electron chi connectivity index (χ1n) is 21.3. The SMILES string of the molecule is CCCCCCCCCCCOc1ccc(NC(=O)[C@H]2CC[C@@]3(C)C(=CC[C@H]4[C@@H]5CC[C@H]([C@H](C)CCCC(C)C)[C@@]5(C)CC[C@@H]43)C2)c(=O)cc1. The highest BCUT2D eigenvalue weighted by Gasteiger charge is 2.59. The van der Waals surface area contributed by atoms with E-state index in [1.807, 2.05) is 6.07 Å². The number of ether oxygens (including phenoxy) is 1. The first-order chi connectivity index (χ1) is 24.1. The summed E-state index contributed by atoms with van der Waals surface area (Å²) in [6.45, 7) is 15.4. The summed E-state index contributed by atoms with van der Waals surface area (Å²) in [5.74, 6) is 5.53. The second kappa shape index (κ2) is 18.1. The van der Waals surface area contributed by atoms with Crippen LogP contribution < -0.4 is 15.5 Å². The molecule has 0 aliphatic heterocycles. The Kier molecular flexibility index (Phi) is 14.2. The molecule has 4 aliphatic rings. The van der Waals surface area contributed by atoms with Crippen LogP contribution in [0.5, 0.6) is 5.75 Å². The van der Waals surface area contributed by atoms with E-state index in [4.69, 9.17) is 4.74 Å². The Labute approximate surface area is 306 Å². The molecule has 0 unspecified atom stereocenters. The number of rotatable bonds is 18. The molecular weight excluding hydrogens is 615 g/mol. The number of anilines is 1. The number of hydrogen-bond acceptors (Lipinski definition) is 3. The second-order valence-corrected chi connectivity index (χ2v) is 18.2. The third kappa shape index (κ3) is 9.27. The van der Waals surface area contributed by atoms with Crippen LogP contribution in [0, 0.1) is 52.3 Å². The largest absolute Gasteiger partial charge is 0.494 e. The molecule has 0 saturated heterocycles. The van der Waals surface area contributed by atoms with Crippen LogP contribution in [-0.4, -0.2) is 12.5 Å². The molecule has 1 N–H and O–H groups in total. The van der Waals surface area contributed by atoms with Gasteiger partial charge in [0, 0.05) is 5.92 Å². The number of allylic oxidation sites excluding steroid dienone is 2.